The van der Waals surface area contributed by atoms with E-state index in [4.69, 9.17) is 24.2 Å². The highest BCUT2D eigenvalue weighted by molar-refractivity contribution is 7.16. The molecule has 1 aliphatic carbocycles. The Bertz CT molecular complexity index is 2280. The number of thiazole rings is 2. The summed E-state index contributed by atoms with van der Waals surface area (Å²) in [4.78, 5) is 28.2. The normalized spacial score (nSPS) is 13.3. The molecule has 5 aromatic rings. The van der Waals surface area contributed by atoms with Gasteiger partial charge in [-0.3, -0.25) is 9.47 Å². The molecule has 2 aromatic carbocycles. The minimum Gasteiger partial charge on any atom is -0.491 e. The number of anilines is 2. The number of ether oxygens (including phenoxy) is 3. The maximum absolute atomic E-state index is 14.8. The molecule has 0 amide bonds. The predicted octanol–water partition coefficient (Wildman–Crippen LogP) is 8.38. The number of benzene rings is 2. The van der Waals surface area contributed by atoms with Gasteiger partial charge in [0.25, 0.3) is 0 Å². The SMILES string of the molecule is CCOC(=O)c1nc(N(C)c2cc(C3CC3)c(/N=c3\sc4ccccc4n3COCC[Si](C)(C)C)nn2)sc1CCCOc1ccc(C#CCN(C)C)cc1F. The summed E-state index contributed by atoms with van der Waals surface area (Å²) in [5.41, 5.74) is 2.96. The van der Waals surface area contributed by atoms with Gasteiger partial charge in [0.2, 0.25) is 0 Å². The van der Waals surface area contributed by atoms with Gasteiger partial charge in [-0.1, -0.05) is 55.0 Å². The zero-order valence-electron chi connectivity index (χ0n) is 33.2. The van der Waals surface area contributed by atoms with Gasteiger partial charge in [-0.15, -0.1) is 21.5 Å². The molecule has 56 heavy (non-hydrogen) atoms. The minimum absolute atomic E-state index is 0.159. The molecule has 6 rings (SSSR count). The molecule has 11 nitrogen and oxygen atoms in total. The second-order valence-corrected chi connectivity index (χ2v) is 22.9. The van der Waals surface area contributed by atoms with Gasteiger partial charge in [-0.25, -0.2) is 14.2 Å². The Balaban J connectivity index is 1.19. The van der Waals surface area contributed by atoms with E-state index in [-0.39, 0.29) is 24.7 Å². The Morgan fingerprint density at radius 2 is 1.88 bits per heavy atom. The number of nitrogens with zero attached hydrogens (tertiary/aromatic N) is 7. The summed E-state index contributed by atoms with van der Waals surface area (Å²) in [7, 11) is 4.50. The standard InChI is InChI=1S/C41H50FN7O4S2Si/c1-8-52-39(50)37-35(16-12-22-53-33-20-17-28(25-31(33)42)13-11-21-47(2)3)55-40(43-37)48(4)36-26-30(29-18-19-29)38(46-45-36)44-41-49(27-51-23-24-56(5,6)7)32-14-9-10-15-34(32)54-41/h9-10,14-15,17,20,25-26,29H,8,12,16,18-19,21-24,27H2,1-7H3/b44-41-. The van der Waals surface area contributed by atoms with Crippen molar-refractivity contribution in [3.8, 4) is 17.6 Å². The van der Waals surface area contributed by atoms with Crippen molar-refractivity contribution in [2.75, 3.05) is 52.4 Å². The Morgan fingerprint density at radius 3 is 2.61 bits per heavy atom. The number of carbonyl (C=O) groups is 1. The van der Waals surface area contributed by atoms with Crippen LogP contribution in [0.3, 0.4) is 0 Å². The lowest BCUT2D eigenvalue weighted by Gasteiger charge is -2.16. The number of aryl methyl sites for hydroxylation is 1. The lowest BCUT2D eigenvalue weighted by Crippen LogP contribution is -2.23. The predicted molar refractivity (Wildman–Crippen MR) is 225 cm³/mol. The van der Waals surface area contributed by atoms with Crippen LogP contribution in [0.2, 0.25) is 25.7 Å². The fourth-order valence-corrected chi connectivity index (χ4v) is 8.55. The van der Waals surface area contributed by atoms with Crippen LogP contribution in [0.25, 0.3) is 10.2 Å². The lowest BCUT2D eigenvalue weighted by atomic mass is 10.2. The van der Waals surface area contributed by atoms with Crippen molar-refractivity contribution in [2.24, 2.45) is 4.99 Å². The van der Waals surface area contributed by atoms with Crippen LogP contribution in [0.5, 0.6) is 5.75 Å². The van der Waals surface area contributed by atoms with E-state index in [1.54, 1.807) is 30.4 Å². The van der Waals surface area contributed by atoms with Gasteiger partial charge in [0.05, 0.1) is 30.0 Å². The number of halogens is 1. The van der Waals surface area contributed by atoms with E-state index in [1.807, 2.05) is 49.1 Å². The molecular formula is C41H50FN7O4S2Si. The minimum atomic E-state index is -1.22. The third-order valence-electron chi connectivity index (χ3n) is 8.96. The molecule has 3 heterocycles. The smallest absolute Gasteiger partial charge is 0.358 e. The largest absolute Gasteiger partial charge is 0.491 e. The molecule has 15 heteroatoms. The van der Waals surface area contributed by atoms with Crippen LogP contribution < -0.4 is 14.4 Å². The number of fused-ring (bicyclic) bond motifs is 1. The molecule has 0 atom stereocenters. The van der Waals surface area contributed by atoms with Gasteiger partial charge in [0, 0.05) is 37.7 Å². The highest BCUT2D eigenvalue weighted by atomic mass is 32.1. The number of rotatable bonds is 17. The monoisotopic (exact) mass is 815 g/mol. The molecule has 0 radical (unpaired) electrons. The highest BCUT2D eigenvalue weighted by Gasteiger charge is 2.29. The van der Waals surface area contributed by atoms with E-state index in [2.05, 4.69) is 58.4 Å². The molecule has 1 aliphatic rings. The Hall–Kier alpha value is -4.46. The van der Waals surface area contributed by atoms with Gasteiger partial charge in [0.15, 0.2) is 38.8 Å². The first kappa shape index (κ1) is 41.2. The number of carbonyl (C=O) groups excluding carboxylic acids is 1. The summed E-state index contributed by atoms with van der Waals surface area (Å²) in [5, 5.41) is 9.86. The molecule has 3 aromatic heterocycles. The maximum Gasteiger partial charge on any atom is 0.358 e. The number of hydrogen-bond acceptors (Lipinski definition) is 12. The topological polar surface area (TPSA) is 107 Å². The molecule has 0 aliphatic heterocycles. The summed E-state index contributed by atoms with van der Waals surface area (Å²) in [6.07, 6.45) is 3.13. The second kappa shape index (κ2) is 18.7. The summed E-state index contributed by atoms with van der Waals surface area (Å²) < 4.78 is 35.3. The first-order valence-electron chi connectivity index (χ1n) is 18.9. The Labute approximate surface area is 337 Å². The number of hydrogen-bond donors (Lipinski definition) is 0. The molecule has 0 spiro atoms. The van der Waals surface area contributed by atoms with Crippen LogP contribution in [0, 0.1) is 17.7 Å². The van der Waals surface area contributed by atoms with E-state index in [0.717, 1.165) is 44.3 Å². The van der Waals surface area contributed by atoms with Crippen LogP contribution in [-0.2, 0) is 22.6 Å². The number of esters is 1. The van der Waals surface area contributed by atoms with E-state index < -0.39 is 19.9 Å². The van der Waals surface area contributed by atoms with Crippen LogP contribution in [0.4, 0.5) is 21.2 Å². The summed E-state index contributed by atoms with van der Waals surface area (Å²) in [5.74, 6) is 6.72. The van der Waals surface area contributed by atoms with E-state index in [1.165, 1.54) is 17.4 Å². The summed E-state index contributed by atoms with van der Waals surface area (Å²) >= 11 is 3.00. The molecule has 0 bridgehead atoms. The Kier molecular flexibility index (Phi) is 13.7. The van der Waals surface area contributed by atoms with Crippen LogP contribution in [0.1, 0.15) is 58.6 Å². The quantitative estimate of drug-likeness (QED) is 0.0396. The third-order valence-corrected chi connectivity index (χ3v) is 12.9. The zero-order valence-corrected chi connectivity index (χ0v) is 35.9. The molecule has 296 valence electrons. The molecular weight excluding hydrogens is 766 g/mol. The van der Waals surface area contributed by atoms with Crippen molar-refractivity contribution in [3.05, 3.63) is 80.8 Å². The molecule has 1 saturated carbocycles. The third kappa shape index (κ3) is 10.9. The van der Waals surface area contributed by atoms with E-state index in [0.29, 0.717) is 61.0 Å². The highest BCUT2D eigenvalue weighted by Crippen LogP contribution is 2.45. The van der Waals surface area contributed by atoms with Crippen molar-refractivity contribution >= 4 is 63.7 Å². The average Bonchev–Trinajstić information content (AvgIpc) is 3.82. The van der Waals surface area contributed by atoms with E-state index in [9.17, 15) is 9.18 Å². The van der Waals surface area contributed by atoms with Gasteiger partial charge < -0.3 is 19.1 Å². The van der Waals surface area contributed by atoms with Crippen molar-refractivity contribution in [3.63, 3.8) is 0 Å². The van der Waals surface area contributed by atoms with Crippen LogP contribution >= 0.6 is 22.7 Å². The van der Waals surface area contributed by atoms with Gasteiger partial charge in [-0.2, -0.15) is 4.99 Å². The van der Waals surface area contributed by atoms with Crippen molar-refractivity contribution in [2.45, 2.75) is 70.9 Å². The van der Waals surface area contributed by atoms with Gasteiger partial charge in [0.1, 0.15) is 6.73 Å². The lowest BCUT2D eigenvalue weighted by molar-refractivity contribution is 0.0519. The maximum atomic E-state index is 14.8. The first-order valence-corrected chi connectivity index (χ1v) is 24.3. The Morgan fingerprint density at radius 1 is 1.07 bits per heavy atom. The number of aromatic nitrogens is 4. The molecule has 1 fully saturated rings. The van der Waals surface area contributed by atoms with Crippen molar-refractivity contribution < 1.29 is 23.4 Å². The second-order valence-electron chi connectivity index (χ2n) is 15.2. The summed E-state index contributed by atoms with van der Waals surface area (Å²) in [6, 6.07) is 16.1. The zero-order chi connectivity index (χ0) is 39.8. The molecule has 0 saturated heterocycles. The van der Waals surface area contributed by atoms with Gasteiger partial charge >= 0.3 is 5.97 Å². The fraction of sp³-hybridized carbons (Fsp3) is 0.439. The average molecular weight is 816 g/mol. The first-order chi connectivity index (χ1) is 26.9. The van der Waals surface area contributed by atoms with Crippen LogP contribution in [0.15, 0.2) is 53.5 Å². The summed E-state index contributed by atoms with van der Waals surface area (Å²) in [6.45, 7) is 11.0. The van der Waals surface area contributed by atoms with Crippen molar-refractivity contribution in [1.82, 2.24) is 24.6 Å². The number of para-hydroxylation sites is 1. The van der Waals surface area contributed by atoms with Gasteiger partial charge in [-0.05, 0) is 95.1 Å². The fourth-order valence-electron chi connectivity index (χ4n) is 5.71. The van der Waals surface area contributed by atoms with Crippen LogP contribution in [-0.4, -0.2) is 86.2 Å². The van der Waals surface area contributed by atoms with Crippen molar-refractivity contribution in [1.29, 1.82) is 0 Å². The molecule has 0 unspecified atom stereocenters. The molecule has 0 N–H and O–H groups in total. The van der Waals surface area contributed by atoms with E-state index >= 15 is 0 Å².